The van der Waals surface area contributed by atoms with Crippen molar-refractivity contribution in [2.45, 2.75) is 30.0 Å². The Hall–Kier alpha value is -1.91. The monoisotopic (exact) mass is 476 g/mol. The van der Waals surface area contributed by atoms with Crippen LogP contribution in [0.4, 0.5) is 13.2 Å². The van der Waals surface area contributed by atoms with E-state index in [2.05, 4.69) is 25.8 Å². The molecule has 0 fully saturated rings. The van der Waals surface area contributed by atoms with Crippen LogP contribution >= 0.6 is 15.9 Å². The molecule has 0 spiro atoms. The number of halogens is 4. The van der Waals surface area contributed by atoms with Crippen molar-refractivity contribution >= 4 is 30.6 Å². The number of hydrogen-bond acceptors (Lipinski definition) is 4. The summed E-state index contributed by atoms with van der Waals surface area (Å²) in [6, 6.07) is 9.49. The lowest BCUT2D eigenvalue weighted by molar-refractivity contribution is -0.137. The lowest BCUT2D eigenvalue weighted by atomic mass is 9.95. The van der Waals surface area contributed by atoms with E-state index >= 15 is 0 Å². The number of alkyl halides is 3. The average molecular weight is 477 g/mol. The number of rotatable bonds is 5. The largest absolute Gasteiger partial charge is 0.416 e. The minimum absolute atomic E-state index is 0.0767. The van der Waals surface area contributed by atoms with Gasteiger partial charge in [-0.1, -0.05) is 23.4 Å². The summed E-state index contributed by atoms with van der Waals surface area (Å²) in [7, 11) is -2.34. The van der Waals surface area contributed by atoms with E-state index in [4.69, 9.17) is 4.84 Å². The smallest absolute Gasteiger partial charge is 0.386 e. The van der Waals surface area contributed by atoms with Gasteiger partial charge in [0.1, 0.15) is 4.62 Å². The molecule has 2 aromatic rings. The zero-order valence-electron chi connectivity index (χ0n) is 14.6. The molecule has 5 nitrogen and oxygen atoms in total. The molecule has 0 saturated heterocycles. The second kappa shape index (κ2) is 7.84. The van der Waals surface area contributed by atoms with Crippen molar-refractivity contribution in [3.05, 3.63) is 64.7 Å². The fourth-order valence-electron chi connectivity index (χ4n) is 2.87. The van der Waals surface area contributed by atoms with Gasteiger partial charge in [-0.2, -0.15) is 13.2 Å². The van der Waals surface area contributed by atoms with Crippen LogP contribution in [0.1, 0.15) is 34.8 Å². The maximum absolute atomic E-state index is 12.7. The number of benzene rings is 2. The molecule has 2 aromatic carbocycles. The van der Waals surface area contributed by atoms with Crippen molar-refractivity contribution in [1.82, 2.24) is 4.72 Å². The van der Waals surface area contributed by atoms with E-state index in [0.717, 1.165) is 17.7 Å². The van der Waals surface area contributed by atoms with E-state index in [-0.39, 0.29) is 4.90 Å². The van der Waals surface area contributed by atoms with Gasteiger partial charge in [-0.05, 0) is 64.8 Å². The Morgan fingerprint density at radius 2 is 1.89 bits per heavy atom. The first-order chi connectivity index (χ1) is 13.1. The fourth-order valence-corrected chi connectivity index (χ4v) is 4.01. The molecule has 1 aliphatic heterocycles. The predicted octanol–water partition coefficient (Wildman–Crippen LogP) is 4.37. The molecule has 1 atom stereocenters. The van der Waals surface area contributed by atoms with Crippen LogP contribution in [-0.4, -0.2) is 20.1 Å². The molecule has 0 saturated carbocycles. The van der Waals surface area contributed by atoms with Crippen molar-refractivity contribution in [1.29, 1.82) is 0 Å². The van der Waals surface area contributed by atoms with E-state index in [1.165, 1.54) is 31.3 Å². The van der Waals surface area contributed by atoms with Crippen molar-refractivity contribution < 1.29 is 26.4 Å². The van der Waals surface area contributed by atoms with Gasteiger partial charge in [0, 0.05) is 12.0 Å². The van der Waals surface area contributed by atoms with Gasteiger partial charge in [0.25, 0.3) is 0 Å². The summed E-state index contributed by atoms with van der Waals surface area (Å²) >= 11 is 3.25. The van der Waals surface area contributed by atoms with Crippen molar-refractivity contribution in [2.24, 2.45) is 5.16 Å². The van der Waals surface area contributed by atoms with Crippen LogP contribution in [0, 0.1) is 0 Å². The van der Waals surface area contributed by atoms with Crippen molar-refractivity contribution in [3.63, 3.8) is 0 Å². The SMILES string of the molecule is CNS(=O)(=O)c1ccc(Cc2ccc(C(F)(F)F)cc2)c(C2CC(Br)=NO2)c1. The molecular formula is C18H16BrF3N2O3S. The molecule has 0 aliphatic carbocycles. The molecule has 10 heteroatoms. The van der Waals surface area contributed by atoms with Crippen LogP contribution in [0.3, 0.4) is 0 Å². The van der Waals surface area contributed by atoms with Crippen molar-refractivity contribution in [2.75, 3.05) is 7.05 Å². The molecular weight excluding hydrogens is 461 g/mol. The number of nitrogens with one attached hydrogen (secondary N) is 1. The Kier molecular flexibility index (Phi) is 5.83. The van der Waals surface area contributed by atoms with Crippen LogP contribution in [0.2, 0.25) is 0 Å². The maximum atomic E-state index is 12.7. The lowest BCUT2D eigenvalue weighted by Crippen LogP contribution is -2.19. The van der Waals surface area contributed by atoms with Gasteiger partial charge in [0.05, 0.1) is 10.5 Å². The van der Waals surface area contributed by atoms with Crippen molar-refractivity contribution in [3.8, 4) is 0 Å². The molecule has 0 radical (unpaired) electrons. The first-order valence-corrected chi connectivity index (χ1v) is 10.5. The summed E-state index contributed by atoms with van der Waals surface area (Å²) < 4.78 is 65.4. The molecule has 1 unspecified atom stereocenters. The number of oxime groups is 1. The first-order valence-electron chi connectivity index (χ1n) is 8.21. The summed E-state index contributed by atoms with van der Waals surface area (Å²) in [6.07, 6.45) is -4.12. The summed E-state index contributed by atoms with van der Waals surface area (Å²) in [6.45, 7) is 0. The predicted molar refractivity (Wildman–Crippen MR) is 102 cm³/mol. The molecule has 1 N–H and O–H groups in total. The van der Waals surface area contributed by atoms with Gasteiger partial charge in [0.2, 0.25) is 10.0 Å². The molecule has 0 amide bonds. The molecule has 3 rings (SSSR count). The highest BCUT2D eigenvalue weighted by Crippen LogP contribution is 2.34. The van der Waals surface area contributed by atoms with E-state index in [9.17, 15) is 21.6 Å². The second-order valence-corrected chi connectivity index (χ2v) is 9.01. The van der Waals surface area contributed by atoms with Crippen LogP contribution in [0.5, 0.6) is 0 Å². The van der Waals surface area contributed by atoms with Crippen LogP contribution in [-0.2, 0) is 27.5 Å². The Morgan fingerprint density at radius 1 is 1.21 bits per heavy atom. The highest BCUT2D eigenvalue weighted by Gasteiger charge is 2.30. The average Bonchev–Trinajstić information content (AvgIpc) is 3.08. The normalized spacial score (nSPS) is 17.3. The maximum Gasteiger partial charge on any atom is 0.416 e. The zero-order valence-corrected chi connectivity index (χ0v) is 17.0. The van der Waals surface area contributed by atoms with Gasteiger partial charge < -0.3 is 4.84 Å². The molecule has 28 heavy (non-hydrogen) atoms. The van der Waals surface area contributed by atoms with Gasteiger partial charge in [-0.3, -0.25) is 0 Å². The molecule has 0 aromatic heterocycles. The Bertz CT molecular complexity index is 1010. The topological polar surface area (TPSA) is 67.8 Å². The molecule has 0 bridgehead atoms. The summed E-state index contributed by atoms with van der Waals surface area (Å²) in [5.41, 5.74) is 1.31. The Morgan fingerprint density at radius 3 is 2.43 bits per heavy atom. The lowest BCUT2D eigenvalue weighted by Gasteiger charge is -2.16. The number of hydrogen-bond donors (Lipinski definition) is 1. The highest BCUT2D eigenvalue weighted by molar-refractivity contribution is 9.18. The quantitative estimate of drug-likeness (QED) is 0.696. The van der Waals surface area contributed by atoms with E-state index in [1.807, 2.05) is 0 Å². The summed E-state index contributed by atoms with van der Waals surface area (Å²) in [5, 5.41) is 3.84. The summed E-state index contributed by atoms with van der Waals surface area (Å²) in [4.78, 5) is 5.45. The van der Waals surface area contributed by atoms with Crippen LogP contribution in [0.15, 0.2) is 52.5 Å². The van der Waals surface area contributed by atoms with Gasteiger partial charge in [-0.15, -0.1) is 0 Å². The Balaban J connectivity index is 1.95. The number of nitrogens with zero attached hydrogens (tertiary/aromatic N) is 1. The van der Waals surface area contributed by atoms with Gasteiger partial charge in [-0.25, -0.2) is 13.1 Å². The molecule has 1 aliphatic rings. The molecule has 1 heterocycles. The first kappa shape index (κ1) is 20.8. The van der Waals surface area contributed by atoms with Crippen LogP contribution < -0.4 is 4.72 Å². The number of sulfonamides is 1. The fraction of sp³-hybridized carbons (Fsp3) is 0.278. The molecule has 150 valence electrons. The van der Waals surface area contributed by atoms with E-state index in [1.54, 1.807) is 6.07 Å². The van der Waals surface area contributed by atoms with E-state index < -0.39 is 27.9 Å². The zero-order chi connectivity index (χ0) is 20.5. The third-order valence-corrected chi connectivity index (χ3v) is 6.23. The van der Waals surface area contributed by atoms with Gasteiger partial charge >= 0.3 is 6.18 Å². The third-order valence-electron chi connectivity index (χ3n) is 4.35. The van der Waals surface area contributed by atoms with Crippen LogP contribution in [0.25, 0.3) is 0 Å². The standard InChI is InChI=1S/C18H16BrF3N2O3S/c1-23-28(25,26)14-7-4-12(15(9-14)16-10-17(19)24-27-16)8-11-2-5-13(6-3-11)18(20,21)22/h2-7,9,16,23H,8,10H2,1H3. The summed E-state index contributed by atoms with van der Waals surface area (Å²) in [5.74, 6) is 0. The minimum atomic E-state index is -4.39. The third kappa shape index (κ3) is 4.56. The second-order valence-electron chi connectivity index (χ2n) is 6.21. The van der Waals surface area contributed by atoms with E-state index in [0.29, 0.717) is 28.6 Å². The minimum Gasteiger partial charge on any atom is -0.386 e. The highest BCUT2D eigenvalue weighted by atomic mass is 79.9. The Labute approximate surface area is 168 Å². The van der Waals surface area contributed by atoms with Gasteiger partial charge in [0.15, 0.2) is 6.10 Å².